The van der Waals surface area contributed by atoms with Crippen LogP contribution in [-0.4, -0.2) is 35.5 Å². The van der Waals surface area contributed by atoms with Crippen molar-refractivity contribution in [2.45, 2.75) is 65.2 Å². The molecule has 0 heterocycles. The standard InChI is InChI=1S/C19H30N2O3/c1-18(2,3)24-17(23)21-14-8-6-13(7-9-14)10-11-20-15-12-16(22)19(15,4)5/h6-9,15-16,20,22H,10-12H2,1-5H3,(H,21,23). The van der Waals surface area contributed by atoms with Gasteiger partial charge in [0.15, 0.2) is 0 Å². The van der Waals surface area contributed by atoms with Crippen LogP contribution in [0.1, 0.15) is 46.6 Å². The zero-order chi connectivity index (χ0) is 18.0. The molecule has 2 unspecified atom stereocenters. The molecule has 0 saturated heterocycles. The minimum atomic E-state index is -0.501. The fraction of sp³-hybridized carbons (Fsp3) is 0.632. The summed E-state index contributed by atoms with van der Waals surface area (Å²) >= 11 is 0. The first-order valence-corrected chi connectivity index (χ1v) is 8.58. The van der Waals surface area contributed by atoms with Crippen LogP contribution in [-0.2, 0) is 11.2 Å². The van der Waals surface area contributed by atoms with Gasteiger partial charge in [-0.25, -0.2) is 4.79 Å². The second kappa shape index (κ2) is 7.11. The summed E-state index contributed by atoms with van der Waals surface area (Å²) in [4.78, 5) is 11.7. The number of aliphatic hydroxyl groups excluding tert-OH is 1. The van der Waals surface area contributed by atoms with Crippen LogP contribution >= 0.6 is 0 Å². The van der Waals surface area contributed by atoms with Crippen molar-refractivity contribution >= 4 is 11.8 Å². The van der Waals surface area contributed by atoms with E-state index < -0.39 is 11.7 Å². The van der Waals surface area contributed by atoms with Gasteiger partial charge in [-0.05, 0) is 57.9 Å². The molecular weight excluding hydrogens is 304 g/mol. The van der Waals surface area contributed by atoms with Crippen molar-refractivity contribution in [3.05, 3.63) is 29.8 Å². The van der Waals surface area contributed by atoms with E-state index in [0.717, 1.165) is 25.1 Å². The monoisotopic (exact) mass is 334 g/mol. The number of carbonyl (C=O) groups is 1. The average Bonchev–Trinajstić information content (AvgIpc) is 2.46. The molecule has 1 aliphatic carbocycles. The lowest BCUT2D eigenvalue weighted by Gasteiger charge is -2.49. The van der Waals surface area contributed by atoms with Crippen LogP contribution in [0.25, 0.3) is 0 Å². The van der Waals surface area contributed by atoms with Crippen molar-refractivity contribution in [1.82, 2.24) is 5.32 Å². The first-order chi connectivity index (χ1) is 11.1. The molecule has 1 aromatic rings. The molecule has 1 saturated carbocycles. The quantitative estimate of drug-likeness (QED) is 0.772. The maximum absolute atomic E-state index is 11.7. The van der Waals surface area contributed by atoms with E-state index in [1.807, 2.05) is 45.0 Å². The van der Waals surface area contributed by atoms with E-state index in [-0.39, 0.29) is 11.5 Å². The van der Waals surface area contributed by atoms with Gasteiger partial charge in [-0.1, -0.05) is 26.0 Å². The molecular formula is C19H30N2O3. The van der Waals surface area contributed by atoms with Gasteiger partial charge >= 0.3 is 6.09 Å². The van der Waals surface area contributed by atoms with Gasteiger partial charge in [0, 0.05) is 17.1 Å². The Morgan fingerprint density at radius 1 is 1.29 bits per heavy atom. The second-order valence-corrected chi connectivity index (χ2v) is 8.15. The Morgan fingerprint density at radius 3 is 2.42 bits per heavy atom. The minimum absolute atomic E-state index is 0.0405. The van der Waals surface area contributed by atoms with Gasteiger partial charge in [-0.3, -0.25) is 5.32 Å². The number of benzene rings is 1. The molecule has 0 spiro atoms. The van der Waals surface area contributed by atoms with Crippen molar-refractivity contribution in [3.8, 4) is 0 Å². The number of hydrogen-bond acceptors (Lipinski definition) is 4. The van der Waals surface area contributed by atoms with Crippen molar-refractivity contribution in [3.63, 3.8) is 0 Å². The molecule has 5 nitrogen and oxygen atoms in total. The van der Waals surface area contributed by atoms with Gasteiger partial charge in [-0.2, -0.15) is 0 Å². The molecule has 2 atom stereocenters. The van der Waals surface area contributed by atoms with E-state index in [9.17, 15) is 9.90 Å². The third kappa shape index (κ3) is 4.95. The Morgan fingerprint density at radius 2 is 1.92 bits per heavy atom. The summed E-state index contributed by atoms with van der Waals surface area (Å²) in [6.45, 7) is 10.6. The van der Waals surface area contributed by atoms with Crippen LogP contribution in [0.5, 0.6) is 0 Å². The zero-order valence-corrected chi connectivity index (χ0v) is 15.3. The SMILES string of the molecule is CC(C)(C)OC(=O)Nc1ccc(CCNC2CC(O)C2(C)C)cc1. The smallest absolute Gasteiger partial charge is 0.412 e. The summed E-state index contributed by atoms with van der Waals surface area (Å²) in [5.41, 5.74) is 1.39. The van der Waals surface area contributed by atoms with E-state index in [2.05, 4.69) is 24.5 Å². The second-order valence-electron chi connectivity index (χ2n) is 8.15. The van der Waals surface area contributed by atoms with Gasteiger partial charge in [0.1, 0.15) is 5.60 Å². The molecule has 0 radical (unpaired) electrons. The number of amides is 1. The summed E-state index contributed by atoms with van der Waals surface area (Å²) in [5, 5.41) is 16.0. The Labute approximate surface area is 144 Å². The highest BCUT2D eigenvalue weighted by atomic mass is 16.6. The Hall–Kier alpha value is -1.59. The van der Waals surface area contributed by atoms with Crippen molar-refractivity contribution < 1.29 is 14.6 Å². The molecule has 5 heteroatoms. The number of carbonyl (C=O) groups excluding carboxylic acids is 1. The summed E-state index contributed by atoms with van der Waals surface area (Å²) in [6, 6.07) is 8.16. The summed E-state index contributed by atoms with van der Waals surface area (Å²) < 4.78 is 5.23. The third-order valence-electron chi connectivity index (χ3n) is 4.62. The molecule has 0 aliphatic heterocycles. The van der Waals surface area contributed by atoms with Crippen LogP contribution in [0.2, 0.25) is 0 Å². The van der Waals surface area contributed by atoms with Crippen molar-refractivity contribution in [2.24, 2.45) is 5.41 Å². The predicted octanol–water partition coefficient (Wildman–Crippen LogP) is 3.33. The fourth-order valence-electron chi connectivity index (χ4n) is 2.82. The molecule has 24 heavy (non-hydrogen) atoms. The van der Waals surface area contributed by atoms with Crippen molar-refractivity contribution in [1.29, 1.82) is 0 Å². The number of hydrogen-bond donors (Lipinski definition) is 3. The van der Waals surface area contributed by atoms with Gasteiger partial charge in [0.25, 0.3) is 0 Å². The maximum Gasteiger partial charge on any atom is 0.412 e. The molecule has 1 aliphatic rings. The molecule has 134 valence electrons. The molecule has 0 aromatic heterocycles. The summed E-state index contributed by atoms with van der Waals surface area (Å²) in [5.74, 6) is 0. The highest BCUT2D eigenvalue weighted by molar-refractivity contribution is 5.84. The first kappa shape index (κ1) is 18.7. The van der Waals surface area contributed by atoms with Crippen LogP contribution < -0.4 is 10.6 Å². The maximum atomic E-state index is 11.7. The lowest BCUT2D eigenvalue weighted by atomic mass is 9.64. The highest BCUT2D eigenvalue weighted by Gasteiger charge is 2.46. The number of rotatable bonds is 5. The molecule has 1 amide bonds. The lowest BCUT2D eigenvalue weighted by molar-refractivity contribution is -0.0720. The van der Waals surface area contributed by atoms with Gasteiger partial charge in [-0.15, -0.1) is 0 Å². The first-order valence-electron chi connectivity index (χ1n) is 8.58. The van der Waals surface area contributed by atoms with Crippen molar-refractivity contribution in [2.75, 3.05) is 11.9 Å². The largest absolute Gasteiger partial charge is 0.444 e. The van der Waals surface area contributed by atoms with Gasteiger partial charge in [0.05, 0.1) is 6.10 Å². The van der Waals surface area contributed by atoms with E-state index >= 15 is 0 Å². The van der Waals surface area contributed by atoms with Crippen LogP contribution in [0.4, 0.5) is 10.5 Å². The topological polar surface area (TPSA) is 70.6 Å². The molecule has 0 bridgehead atoms. The van der Waals surface area contributed by atoms with Crippen LogP contribution in [0, 0.1) is 5.41 Å². The number of aliphatic hydroxyl groups is 1. The van der Waals surface area contributed by atoms with Crippen LogP contribution in [0.15, 0.2) is 24.3 Å². The van der Waals surface area contributed by atoms with E-state index in [1.54, 1.807) is 0 Å². The van der Waals surface area contributed by atoms with E-state index in [4.69, 9.17) is 4.74 Å². The Balaban J connectivity index is 1.75. The van der Waals surface area contributed by atoms with Crippen LogP contribution in [0.3, 0.4) is 0 Å². The number of nitrogens with one attached hydrogen (secondary N) is 2. The Bertz CT molecular complexity index is 561. The number of ether oxygens (including phenoxy) is 1. The lowest BCUT2D eigenvalue weighted by Crippen LogP contribution is -2.60. The fourth-order valence-corrected chi connectivity index (χ4v) is 2.82. The predicted molar refractivity (Wildman–Crippen MR) is 96.2 cm³/mol. The summed E-state index contributed by atoms with van der Waals surface area (Å²) in [6.07, 6.45) is 1.09. The van der Waals surface area contributed by atoms with Gasteiger partial charge in [0.2, 0.25) is 0 Å². The molecule has 1 fully saturated rings. The average molecular weight is 334 g/mol. The zero-order valence-electron chi connectivity index (χ0n) is 15.3. The minimum Gasteiger partial charge on any atom is -0.444 e. The third-order valence-corrected chi connectivity index (χ3v) is 4.62. The molecule has 1 aromatic carbocycles. The Kier molecular flexibility index (Phi) is 5.56. The molecule has 2 rings (SSSR count). The van der Waals surface area contributed by atoms with E-state index in [1.165, 1.54) is 5.56 Å². The molecule has 3 N–H and O–H groups in total. The van der Waals surface area contributed by atoms with Gasteiger partial charge < -0.3 is 15.2 Å². The number of anilines is 1. The highest BCUT2D eigenvalue weighted by Crippen LogP contribution is 2.40. The normalized spacial score (nSPS) is 22.6. The van der Waals surface area contributed by atoms with E-state index in [0.29, 0.717) is 6.04 Å². The summed E-state index contributed by atoms with van der Waals surface area (Å²) in [7, 11) is 0.